The summed E-state index contributed by atoms with van der Waals surface area (Å²) >= 11 is 1.00. The van der Waals surface area contributed by atoms with Crippen LogP contribution in [0.5, 0.6) is 0 Å². The van der Waals surface area contributed by atoms with Crippen molar-refractivity contribution in [3.05, 3.63) is 29.6 Å². The van der Waals surface area contributed by atoms with E-state index in [9.17, 15) is 9.18 Å². The molecule has 0 heterocycles. The largest absolute Gasteiger partial charge is 0.480 e. The minimum Gasteiger partial charge on any atom is -0.480 e. The van der Waals surface area contributed by atoms with Crippen LogP contribution >= 0.6 is 11.8 Å². The van der Waals surface area contributed by atoms with Crippen LogP contribution in [0.2, 0.25) is 0 Å². The van der Waals surface area contributed by atoms with Crippen molar-refractivity contribution in [1.82, 2.24) is 0 Å². The number of nitrogens with zero attached hydrogens (tertiary/aromatic N) is 1. The first-order chi connectivity index (χ1) is 7.60. The minimum atomic E-state index is -0.958. The fourth-order valence-electron chi connectivity index (χ4n) is 1.17. The monoisotopic (exact) mass is 239 g/mol. The lowest BCUT2D eigenvalue weighted by molar-refractivity contribution is -0.136. The second-order valence-corrected chi connectivity index (χ2v) is 4.32. The number of benzene rings is 1. The summed E-state index contributed by atoms with van der Waals surface area (Å²) in [5.41, 5.74) is -0.0906. The molecule has 0 aliphatic heterocycles. The van der Waals surface area contributed by atoms with Crippen LogP contribution in [0.4, 0.5) is 4.39 Å². The molecule has 16 heavy (non-hydrogen) atoms. The molecule has 1 aromatic carbocycles. The molecule has 0 amide bonds. The second-order valence-electron chi connectivity index (χ2n) is 3.08. The van der Waals surface area contributed by atoms with Gasteiger partial charge in [-0.1, -0.05) is 13.0 Å². The van der Waals surface area contributed by atoms with E-state index >= 15 is 0 Å². The van der Waals surface area contributed by atoms with Crippen LogP contribution in [0.25, 0.3) is 0 Å². The Morgan fingerprint density at radius 3 is 2.88 bits per heavy atom. The Labute approximate surface area is 96.9 Å². The molecular formula is C11H10FNO2S. The van der Waals surface area contributed by atoms with E-state index in [1.54, 1.807) is 19.1 Å². The normalized spacial score (nSPS) is 11.8. The lowest BCUT2D eigenvalue weighted by Crippen LogP contribution is -2.15. The summed E-state index contributed by atoms with van der Waals surface area (Å²) in [4.78, 5) is 11.2. The number of carboxylic acids is 1. The summed E-state index contributed by atoms with van der Waals surface area (Å²) in [6.45, 7) is 1.73. The third kappa shape index (κ3) is 2.74. The Kier molecular flexibility index (Phi) is 4.32. The van der Waals surface area contributed by atoms with Gasteiger partial charge in [0.2, 0.25) is 0 Å². The van der Waals surface area contributed by atoms with Crippen molar-refractivity contribution < 1.29 is 14.3 Å². The zero-order chi connectivity index (χ0) is 12.1. The zero-order valence-corrected chi connectivity index (χ0v) is 9.42. The van der Waals surface area contributed by atoms with Gasteiger partial charge in [0, 0.05) is 4.90 Å². The van der Waals surface area contributed by atoms with Crippen molar-refractivity contribution in [1.29, 1.82) is 5.26 Å². The summed E-state index contributed by atoms with van der Waals surface area (Å²) in [7, 11) is 0. The van der Waals surface area contributed by atoms with Crippen molar-refractivity contribution in [2.45, 2.75) is 23.5 Å². The van der Waals surface area contributed by atoms with Gasteiger partial charge in [-0.15, -0.1) is 11.8 Å². The van der Waals surface area contributed by atoms with Gasteiger partial charge in [0.05, 0.1) is 0 Å². The molecule has 0 aliphatic rings. The van der Waals surface area contributed by atoms with Gasteiger partial charge in [-0.25, -0.2) is 4.39 Å². The van der Waals surface area contributed by atoms with E-state index < -0.39 is 17.0 Å². The highest BCUT2D eigenvalue weighted by molar-refractivity contribution is 8.00. The summed E-state index contributed by atoms with van der Waals surface area (Å²) in [6.07, 6.45) is 0.418. The Bertz CT molecular complexity index is 442. The fourth-order valence-corrected chi connectivity index (χ4v) is 2.16. The predicted molar refractivity (Wildman–Crippen MR) is 58.7 cm³/mol. The highest BCUT2D eigenvalue weighted by Crippen LogP contribution is 2.29. The minimum absolute atomic E-state index is 0.0906. The van der Waals surface area contributed by atoms with Crippen molar-refractivity contribution in [3.8, 4) is 6.07 Å². The third-order valence-electron chi connectivity index (χ3n) is 2.00. The molecule has 5 heteroatoms. The first-order valence-electron chi connectivity index (χ1n) is 4.68. The molecule has 0 spiro atoms. The predicted octanol–water partition coefficient (Wildman–Crippen LogP) is 2.65. The van der Waals surface area contributed by atoms with Crippen molar-refractivity contribution in [2.75, 3.05) is 0 Å². The van der Waals surface area contributed by atoms with Gasteiger partial charge < -0.3 is 5.11 Å². The van der Waals surface area contributed by atoms with E-state index in [1.165, 1.54) is 12.1 Å². The van der Waals surface area contributed by atoms with Crippen molar-refractivity contribution in [2.24, 2.45) is 0 Å². The van der Waals surface area contributed by atoms with Gasteiger partial charge in [0.25, 0.3) is 0 Å². The molecule has 1 atom stereocenters. The van der Waals surface area contributed by atoms with E-state index in [4.69, 9.17) is 10.4 Å². The van der Waals surface area contributed by atoms with Crippen LogP contribution in [-0.4, -0.2) is 16.3 Å². The third-order valence-corrected chi connectivity index (χ3v) is 3.42. The summed E-state index contributed by atoms with van der Waals surface area (Å²) < 4.78 is 13.2. The van der Waals surface area contributed by atoms with E-state index in [-0.39, 0.29) is 5.56 Å². The molecule has 3 nitrogen and oxygen atoms in total. The highest BCUT2D eigenvalue weighted by Gasteiger charge is 2.19. The molecule has 0 bridgehead atoms. The smallest absolute Gasteiger partial charge is 0.316 e. The molecule has 1 rings (SSSR count). The number of aliphatic carboxylic acids is 1. The summed E-state index contributed by atoms with van der Waals surface area (Å²) in [6, 6.07) is 5.95. The van der Waals surface area contributed by atoms with Crippen LogP contribution in [-0.2, 0) is 4.79 Å². The Hall–Kier alpha value is -1.54. The summed E-state index contributed by atoms with van der Waals surface area (Å²) in [5.74, 6) is -1.58. The number of hydrogen-bond acceptors (Lipinski definition) is 3. The fraction of sp³-hybridized carbons (Fsp3) is 0.273. The number of thioether (sulfide) groups is 1. The van der Waals surface area contributed by atoms with Crippen LogP contribution in [0.1, 0.15) is 18.9 Å². The average molecular weight is 239 g/mol. The maximum atomic E-state index is 13.2. The van der Waals surface area contributed by atoms with Crippen LogP contribution in [0.15, 0.2) is 23.1 Å². The van der Waals surface area contributed by atoms with Gasteiger partial charge in [-0.3, -0.25) is 4.79 Å². The maximum Gasteiger partial charge on any atom is 0.316 e. The molecule has 0 radical (unpaired) electrons. The highest BCUT2D eigenvalue weighted by atomic mass is 32.2. The topological polar surface area (TPSA) is 61.1 Å². The number of nitriles is 1. The Morgan fingerprint density at radius 1 is 1.69 bits per heavy atom. The summed E-state index contributed by atoms with van der Waals surface area (Å²) in [5, 5.41) is 17.0. The zero-order valence-electron chi connectivity index (χ0n) is 8.61. The molecular weight excluding hydrogens is 229 g/mol. The van der Waals surface area contributed by atoms with Crippen molar-refractivity contribution in [3.63, 3.8) is 0 Å². The number of rotatable bonds is 4. The number of hydrogen-bond donors (Lipinski definition) is 1. The molecule has 1 aromatic rings. The molecule has 0 aromatic heterocycles. The van der Waals surface area contributed by atoms with Gasteiger partial charge >= 0.3 is 5.97 Å². The SMILES string of the molecule is CCC(Sc1cccc(F)c1C#N)C(=O)O. The quantitative estimate of drug-likeness (QED) is 0.820. The molecule has 0 fully saturated rings. The number of halogens is 1. The number of carbonyl (C=O) groups is 1. The van der Waals surface area contributed by atoms with Gasteiger partial charge in [-0.05, 0) is 18.6 Å². The molecule has 1 N–H and O–H groups in total. The van der Waals surface area contributed by atoms with Gasteiger partial charge in [0.15, 0.2) is 0 Å². The van der Waals surface area contributed by atoms with Crippen molar-refractivity contribution >= 4 is 17.7 Å². The van der Waals surface area contributed by atoms with Crippen LogP contribution in [0.3, 0.4) is 0 Å². The van der Waals surface area contributed by atoms with Crippen LogP contribution in [0, 0.1) is 17.1 Å². The Morgan fingerprint density at radius 2 is 2.38 bits per heavy atom. The Balaban J connectivity index is 3.02. The van der Waals surface area contributed by atoms with Gasteiger partial charge in [-0.2, -0.15) is 5.26 Å². The molecule has 0 saturated carbocycles. The molecule has 0 saturated heterocycles. The lowest BCUT2D eigenvalue weighted by atomic mass is 10.2. The standard InChI is InChI=1S/C11H10FNO2S/c1-2-9(11(14)15)16-10-5-3-4-8(12)7(10)6-13/h3-5,9H,2H2,1H3,(H,14,15). The molecule has 1 unspecified atom stereocenters. The maximum absolute atomic E-state index is 13.2. The molecule has 84 valence electrons. The van der Waals surface area contributed by atoms with E-state index in [2.05, 4.69) is 0 Å². The molecule has 0 aliphatic carbocycles. The van der Waals surface area contributed by atoms with E-state index in [0.29, 0.717) is 11.3 Å². The second kappa shape index (κ2) is 5.52. The average Bonchev–Trinajstić information content (AvgIpc) is 2.25. The lowest BCUT2D eigenvalue weighted by Gasteiger charge is -2.10. The first kappa shape index (κ1) is 12.5. The van der Waals surface area contributed by atoms with Crippen LogP contribution < -0.4 is 0 Å². The first-order valence-corrected chi connectivity index (χ1v) is 5.56. The van der Waals surface area contributed by atoms with E-state index in [0.717, 1.165) is 11.8 Å². The van der Waals surface area contributed by atoms with Gasteiger partial charge in [0.1, 0.15) is 22.7 Å². The van der Waals surface area contributed by atoms with E-state index in [1.807, 2.05) is 0 Å². The number of carboxylic acid groups (broad SMARTS) is 1.